The molecule has 0 unspecified atom stereocenters. The Morgan fingerprint density at radius 2 is 0.875 bits per heavy atom. The lowest BCUT2D eigenvalue weighted by molar-refractivity contribution is 1.04. The van der Waals surface area contributed by atoms with E-state index in [1.807, 2.05) is 18.2 Å². The molecule has 0 aliphatic heterocycles. The SMILES string of the molecule is C1=CC(c2cccc(-c3cc(-c4cccc(-c5ccc6c7ccccc7c7ccccc7c6c5)c4)nc(-c4ccccc4)n3)c2)=CCC1. The molecule has 1 aromatic heterocycles. The van der Waals surface area contributed by atoms with Crippen LogP contribution in [0.25, 0.3) is 82.9 Å². The molecule has 1 heterocycles. The van der Waals surface area contributed by atoms with E-state index in [0.29, 0.717) is 0 Å². The molecular formula is C46H32N2. The van der Waals surface area contributed by atoms with Gasteiger partial charge in [0.2, 0.25) is 0 Å². The number of aromatic nitrogens is 2. The van der Waals surface area contributed by atoms with Gasteiger partial charge < -0.3 is 0 Å². The Balaban J connectivity index is 1.18. The second-order valence-corrected chi connectivity index (χ2v) is 12.5. The van der Waals surface area contributed by atoms with Crippen molar-refractivity contribution in [2.75, 3.05) is 0 Å². The molecule has 0 amide bonds. The summed E-state index contributed by atoms with van der Waals surface area (Å²) in [6, 6.07) is 54.2. The van der Waals surface area contributed by atoms with Crippen LogP contribution in [0, 0.1) is 0 Å². The lowest BCUT2D eigenvalue weighted by Crippen LogP contribution is -1.96. The standard InChI is InChI=1S/C46H32N2/c1-3-13-31(14-4-1)33-17-11-19-36(27-33)44-30-45(48-46(47-44)32-15-5-2-6-16-32)37-20-12-18-34(28-37)35-25-26-42-40-23-8-7-21-38(40)39-22-9-10-24-41(39)43(42)29-35/h2-3,5-30H,1,4H2. The molecule has 0 bridgehead atoms. The van der Waals surface area contributed by atoms with E-state index >= 15 is 0 Å². The van der Waals surface area contributed by atoms with E-state index in [0.717, 1.165) is 52.3 Å². The van der Waals surface area contributed by atoms with Gasteiger partial charge in [0.1, 0.15) is 0 Å². The molecule has 0 radical (unpaired) electrons. The summed E-state index contributed by atoms with van der Waals surface area (Å²) in [6.07, 6.45) is 8.99. The van der Waals surface area contributed by atoms with E-state index in [1.54, 1.807) is 0 Å². The van der Waals surface area contributed by atoms with Crippen molar-refractivity contribution >= 4 is 37.9 Å². The molecule has 8 aromatic rings. The van der Waals surface area contributed by atoms with Gasteiger partial charge in [-0.05, 0) is 91.7 Å². The van der Waals surface area contributed by atoms with Gasteiger partial charge >= 0.3 is 0 Å². The van der Waals surface area contributed by atoms with Gasteiger partial charge in [-0.2, -0.15) is 0 Å². The summed E-state index contributed by atoms with van der Waals surface area (Å²) in [5, 5.41) is 7.69. The van der Waals surface area contributed by atoms with Gasteiger partial charge in [0, 0.05) is 16.7 Å². The normalized spacial score (nSPS) is 12.9. The predicted octanol–water partition coefficient (Wildman–Crippen LogP) is 12.3. The van der Waals surface area contributed by atoms with E-state index in [1.165, 1.54) is 49.0 Å². The average Bonchev–Trinajstić information content (AvgIpc) is 3.18. The molecule has 7 aromatic carbocycles. The van der Waals surface area contributed by atoms with Crippen LogP contribution >= 0.6 is 0 Å². The largest absolute Gasteiger partial charge is 0.228 e. The van der Waals surface area contributed by atoms with E-state index in [9.17, 15) is 0 Å². The van der Waals surface area contributed by atoms with Crippen LogP contribution in [0.15, 0.2) is 170 Å². The van der Waals surface area contributed by atoms with Gasteiger partial charge in [0.05, 0.1) is 11.4 Å². The van der Waals surface area contributed by atoms with Crippen LogP contribution < -0.4 is 0 Å². The smallest absolute Gasteiger partial charge is 0.160 e. The summed E-state index contributed by atoms with van der Waals surface area (Å²) in [5.41, 5.74) is 9.78. The molecule has 0 saturated heterocycles. The molecule has 0 atom stereocenters. The Hall–Kier alpha value is -6.12. The molecule has 2 heteroatoms. The summed E-state index contributed by atoms with van der Waals surface area (Å²) in [7, 11) is 0. The first-order chi connectivity index (χ1) is 23.8. The highest BCUT2D eigenvalue weighted by Crippen LogP contribution is 2.38. The highest BCUT2D eigenvalue weighted by molar-refractivity contribution is 6.25. The fraction of sp³-hybridized carbons (Fsp3) is 0.0435. The van der Waals surface area contributed by atoms with Crippen LogP contribution in [0.4, 0.5) is 0 Å². The van der Waals surface area contributed by atoms with Crippen LogP contribution in [0.1, 0.15) is 18.4 Å². The van der Waals surface area contributed by atoms with Gasteiger partial charge in [-0.1, -0.05) is 146 Å². The number of hydrogen-bond donors (Lipinski definition) is 0. The maximum atomic E-state index is 5.14. The minimum atomic E-state index is 0.722. The minimum absolute atomic E-state index is 0.722. The zero-order valence-corrected chi connectivity index (χ0v) is 26.5. The molecular weight excluding hydrogens is 581 g/mol. The van der Waals surface area contributed by atoms with Crippen LogP contribution in [-0.4, -0.2) is 9.97 Å². The van der Waals surface area contributed by atoms with Crippen molar-refractivity contribution in [3.05, 3.63) is 175 Å². The van der Waals surface area contributed by atoms with Crippen LogP contribution in [0.2, 0.25) is 0 Å². The number of benzene rings is 7. The number of hydrogen-bond acceptors (Lipinski definition) is 2. The molecule has 0 spiro atoms. The van der Waals surface area contributed by atoms with Crippen molar-refractivity contribution in [3.8, 4) is 45.0 Å². The second-order valence-electron chi connectivity index (χ2n) is 12.5. The summed E-state index contributed by atoms with van der Waals surface area (Å²) < 4.78 is 0. The van der Waals surface area contributed by atoms with E-state index in [4.69, 9.17) is 9.97 Å². The molecule has 1 aliphatic carbocycles. The zero-order chi connectivity index (χ0) is 31.9. The number of allylic oxidation sites excluding steroid dienone is 4. The first-order valence-corrected chi connectivity index (χ1v) is 16.6. The fourth-order valence-corrected chi connectivity index (χ4v) is 7.09. The van der Waals surface area contributed by atoms with Crippen molar-refractivity contribution in [3.63, 3.8) is 0 Å². The summed E-state index contributed by atoms with van der Waals surface area (Å²) in [4.78, 5) is 10.2. The molecule has 0 saturated carbocycles. The second kappa shape index (κ2) is 11.9. The third kappa shape index (κ3) is 5.09. The summed E-state index contributed by atoms with van der Waals surface area (Å²) in [6.45, 7) is 0. The Bertz CT molecular complexity index is 2520. The highest BCUT2D eigenvalue weighted by Gasteiger charge is 2.14. The van der Waals surface area contributed by atoms with Crippen LogP contribution in [0.3, 0.4) is 0 Å². The predicted molar refractivity (Wildman–Crippen MR) is 203 cm³/mol. The molecule has 1 aliphatic rings. The Morgan fingerprint density at radius 1 is 0.354 bits per heavy atom. The van der Waals surface area contributed by atoms with E-state index in [2.05, 4.69) is 152 Å². The average molecular weight is 613 g/mol. The molecule has 48 heavy (non-hydrogen) atoms. The van der Waals surface area contributed by atoms with Crippen molar-refractivity contribution in [2.24, 2.45) is 0 Å². The Kier molecular flexibility index (Phi) is 6.98. The lowest BCUT2D eigenvalue weighted by Gasteiger charge is -2.13. The molecule has 9 rings (SSSR count). The van der Waals surface area contributed by atoms with E-state index in [-0.39, 0.29) is 0 Å². The third-order valence-corrected chi connectivity index (χ3v) is 9.48. The lowest BCUT2D eigenvalue weighted by atomic mass is 9.91. The van der Waals surface area contributed by atoms with Crippen LogP contribution in [-0.2, 0) is 0 Å². The zero-order valence-electron chi connectivity index (χ0n) is 26.5. The van der Waals surface area contributed by atoms with Crippen molar-refractivity contribution in [1.29, 1.82) is 0 Å². The molecule has 226 valence electrons. The number of rotatable bonds is 5. The number of nitrogens with zero attached hydrogens (tertiary/aromatic N) is 2. The van der Waals surface area contributed by atoms with Gasteiger partial charge in [0.15, 0.2) is 5.82 Å². The van der Waals surface area contributed by atoms with Crippen LogP contribution in [0.5, 0.6) is 0 Å². The molecule has 2 nitrogen and oxygen atoms in total. The Labute approximate surface area is 280 Å². The quantitative estimate of drug-likeness (QED) is 0.181. The van der Waals surface area contributed by atoms with Gasteiger partial charge in [-0.25, -0.2) is 9.97 Å². The van der Waals surface area contributed by atoms with E-state index < -0.39 is 0 Å². The van der Waals surface area contributed by atoms with Crippen molar-refractivity contribution < 1.29 is 0 Å². The van der Waals surface area contributed by atoms with Crippen molar-refractivity contribution in [1.82, 2.24) is 9.97 Å². The number of fused-ring (bicyclic) bond motifs is 6. The molecule has 0 N–H and O–H groups in total. The van der Waals surface area contributed by atoms with Gasteiger partial charge in [0.25, 0.3) is 0 Å². The summed E-state index contributed by atoms with van der Waals surface area (Å²) in [5.74, 6) is 0.722. The highest BCUT2D eigenvalue weighted by atomic mass is 14.9. The van der Waals surface area contributed by atoms with Gasteiger partial charge in [-0.3, -0.25) is 0 Å². The topological polar surface area (TPSA) is 25.8 Å². The van der Waals surface area contributed by atoms with Crippen molar-refractivity contribution in [2.45, 2.75) is 12.8 Å². The maximum absolute atomic E-state index is 5.14. The summed E-state index contributed by atoms with van der Waals surface area (Å²) >= 11 is 0. The monoisotopic (exact) mass is 612 g/mol. The first kappa shape index (κ1) is 28.1. The molecule has 0 fully saturated rings. The fourth-order valence-electron chi connectivity index (χ4n) is 7.09. The minimum Gasteiger partial charge on any atom is -0.228 e. The third-order valence-electron chi connectivity index (χ3n) is 9.48. The maximum Gasteiger partial charge on any atom is 0.160 e. The van der Waals surface area contributed by atoms with Gasteiger partial charge in [-0.15, -0.1) is 0 Å². The Morgan fingerprint density at radius 3 is 1.52 bits per heavy atom. The first-order valence-electron chi connectivity index (χ1n) is 16.6.